The van der Waals surface area contributed by atoms with Crippen molar-refractivity contribution < 1.29 is 17.9 Å². The lowest BCUT2D eigenvalue weighted by molar-refractivity contribution is -0.136. The third kappa shape index (κ3) is 4.79. The number of halogens is 1. The van der Waals surface area contributed by atoms with Gasteiger partial charge in [-0.15, -0.1) is 0 Å². The maximum atomic E-state index is 12.5. The maximum Gasteiger partial charge on any atom is 0.260 e. The second kappa shape index (κ2) is 8.57. The number of ether oxygens (including phenoxy) is 1. The molecular formula is C19H28ClN3O4S. The van der Waals surface area contributed by atoms with E-state index in [1.54, 1.807) is 28.6 Å². The summed E-state index contributed by atoms with van der Waals surface area (Å²) >= 11 is 5.93. The van der Waals surface area contributed by atoms with Crippen LogP contribution in [0.3, 0.4) is 0 Å². The van der Waals surface area contributed by atoms with Gasteiger partial charge in [0.05, 0.1) is 6.26 Å². The zero-order valence-electron chi connectivity index (χ0n) is 16.4. The van der Waals surface area contributed by atoms with Crippen molar-refractivity contribution in [1.82, 2.24) is 14.1 Å². The van der Waals surface area contributed by atoms with Crippen LogP contribution in [0.4, 0.5) is 0 Å². The Hall–Kier alpha value is -1.35. The van der Waals surface area contributed by atoms with Gasteiger partial charge in [-0.25, -0.2) is 12.7 Å². The Kier molecular flexibility index (Phi) is 6.54. The first kappa shape index (κ1) is 21.4. The van der Waals surface area contributed by atoms with E-state index >= 15 is 0 Å². The summed E-state index contributed by atoms with van der Waals surface area (Å²) in [6.45, 7) is 5.94. The van der Waals surface area contributed by atoms with Gasteiger partial charge >= 0.3 is 0 Å². The lowest BCUT2D eigenvalue weighted by atomic mass is 9.92. The molecule has 7 nitrogen and oxygen atoms in total. The molecule has 9 heteroatoms. The molecule has 0 radical (unpaired) electrons. The molecule has 0 spiro atoms. The molecule has 2 saturated heterocycles. The number of carbonyl (C=O) groups excluding carboxylic acids is 1. The van der Waals surface area contributed by atoms with Crippen LogP contribution in [0.25, 0.3) is 0 Å². The van der Waals surface area contributed by atoms with E-state index < -0.39 is 10.0 Å². The topological polar surface area (TPSA) is 70.2 Å². The van der Waals surface area contributed by atoms with E-state index in [4.69, 9.17) is 16.3 Å². The Labute approximate surface area is 172 Å². The van der Waals surface area contributed by atoms with Gasteiger partial charge in [0.2, 0.25) is 10.0 Å². The fourth-order valence-corrected chi connectivity index (χ4v) is 5.17. The zero-order chi connectivity index (χ0) is 20.4. The van der Waals surface area contributed by atoms with Gasteiger partial charge in [0.15, 0.2) is 6.61 Å². The van der Waals surface area contributed by atoms with E-state index in [9.17, 15) is 13.2 Å². The number of rotatable bonds is 6. The van der Waals surface area contributed by atoms with E-state index in [1.165, 1.54) is 6.26 Å². The largest absolute Gasteiger partial charge is 0.484 e. The molecule has 1 aromatic carbocycles. The maximum absolute atomic E-state index is 12.5. The Morgan fingerprint density at radius 1 is 1.21 bits per heavy atom. The molecule has 156 valence electrons. The van der Waals surface area contributed by atoms with Gasteiger partial charge in [-0.2, -0.15) is 0 Å². The molecule has 2 aliphatic rings. The van der Waals surface area contributed by atoms with E-state index in [1.807, 2.05) is 4.90 Å². The molecular weight excluding hydrogens is 402 g/mol. The fraction of sp³-hybridized carbons (Fsp3) is 0.632. The third-order valence-corrected chi connectivity index (χ3v) is 7.37. The first-order valence-corrected chi connectivity index (χ1v) is 11.8. The van der Waals surface area contributed by atoms with Crippen LogP contribution in [0.2, 0.25) is 5.02 Å². The summed E-state index contributed by atoms with van der Waals surface area (Å²) in [4.78, 5) is 16.7. The Morgan fingerprint density at radius 2 is 1.93 bits per heavy atom. The number of carbonyl (C=O) groups is 1. The molecule has 1 atom stereocenters. The highest BCUT2D eigenvalue weighted by molar-refractivity contribution is 7.88. The fourth-order valence-electron chi connectivity index (χ4n) is 4.10. The number of piperazine rings is 1. The summed E-state index contributed by atoms with van der Waals surface area (Å²) in [7, 11) is -3.17. The van der Waals surface area contributed by atoms with Gasteiger partial charge in [0.25, 0.3) is 5.91 Å². The SMILES string of the molecule is CCC1(N2CCN(C(=O)COc3cccc(Cl)c3)CC2)CCN(S(C)(=O)=O)C1. The Morgan fingerprint density at radius 3 is 2.50 bits per heavy atom. The second-order valence-corrected chi connectivity index (χ2v) is 9.96. The van der Waals surface area contributed by atoms with Gasteiger partial charge < -0.3 is 9.64 Å². The van der Waals surface area contributed by atoms with Gasteiger partial charge in [-0.05, 0) is 31.0 Å². The molecule has 0 saturated carbocycles. The highest BCUT2D eigenvalue weighted by Gasteiger charge is 2.45. The highest BCUT2D eigenvalue weighted by Crippen LogP contribution is 2.33. The molecule has 3 rings (SSSR count). The van der Waals surface area contributed by atoms with Crippen molar-refractivity contribution in [3.63, 3.8) is 0 Å². The predicted molar refractivity (Wildman–Crippen MR) is 109 cm³/mol. The summed E-state index contributed by atoms with van der Waals surface area (Å²) < 4.78 is 30.9. The van der Waals surface area contributed by atoms with Crippen molar-refractivity contribution in [2.45, 2.75) is 25.3 Å². The minimum absolute atomic E-state index is 0.0128. The smallest absolute Gasteiger partial charge is 0.260 e. The van der Waals surface area contributed by atoms with Crippen LogP contribution >= 0.6 is 11.6 Å². The lowest BCUT2D eigenvalue weighted by Gasteiger charge is -2.45. The minimum Gasteiger partial charge on any atom is -0.484 e. The van der Waals surface area contributed by atoms with E-state index in [2.05, 4.69) is 11.8 Å². The zero-order valence-corrected chi connectivity index (χ0v) is 18.0. The number of amides is 1. The predicted octanol–water partition coefficient (Wildman–Crippen LogP) is 1.68. The van der Waals surface area contributed by atoms with Crippen LogP contribution in [0, 0.1) is 0 Å². The molecule has 0 aliphatic carbocycles. The molecule has 0 N–H and O–H groups in total. The van der Waals surface area contributed by atoms with E-state index in [0.717, 1.165) is 25.9 Å². The summed E-state index contributed by atoms with van der Waals surface area (Å²) in [5.74, 6) is 0.533. The monoisotopic (exact) mass is 429 g/mol. The molecule has 28 heavy (non-hydrogen) atoms. The average Bonchev–Trinajstić information content (AvgIpc) is 3.13. The van der Waals surface area contributed by atoms with Crippen molar-refractivity contribution >= 4 is 27.5 Å². The van der Waals surface area contributed by atoms with Crippen LogP contribution < -0.4 is 4.74 Å². The minimum atomic E-state index is -3.17. The molecule has 1 amide bonds. The highest BCUT2D eigenvalue weighted by atomic mass is 35.5. The summed E-state index contributed by atoms with van der Waals surface area (Å²) in [6, 6.07) is 7.00. The van der Waals surface area contributed by atoms with Crippen LogP contribution in [-0.2, 0) is 14.8 Å². The van der Waals surface area contributed by atoms with Crippen molar-refractivity contribution in [2.75, 3.05) is 52.1 Å². The Bertz CT molecular complexity index is 811. The summed E-state index contributed by atoms with van der Waals surface area (Å²) in [5, 5.41) is 0.572. The molecule has 2 heterocycles. The van der Waals surface area contributed by atoms with Crippen LogP contribution in [-0.4, -0.2) is 86.1 Å². The van der Waals surface area contributed by atoms with Crippen molar-refractivity contribution in [1.29, 1.82) is 0 Å². The van der Waals surface area contributed by atoms with E-state index in [-0.39, 0.29) is 18.1 Å². The van der Waals surface area contributed by atoms with Crippen molar-refractivity contribution in [2.24, 2.45) is 0 Å². The molecule has 0 bridgehead atoms. The standard InChI is InChI=1S/C19H28ClN3O4S/c1-3-19(7-8-23(15-19)28(2,25)26)22-11-9-21(10-12-22)18(24)14-27-17-6-4-5-16(20)13-17/h4-6,13H,3,7-12,14-15H2,1-2H3. The molecule has 2 aliphatic heterocycles. The molecule has 1 aromatic rings. The third-order valence-electron chi connectivity index (χ3n) is 5.89. The van der Waals surface area contributed by atoms with E-state index in [0.29, 0.717) is 37.0 Å². The first-order valence-electron chi connectivity index (χ1n) is 9.60. The van der Waals surface area contributed by atoms with Gasteiger partial charge in [-0.3, -0.25) is 9.69 Å². The van der Waals surface area contributed by atoms with Gasteiger partial charge in [-0.1, -0.05) is 24.6 Å². The van der Waals surface area contributed by atoms with Crippen LogP contribution in [0.5, 0.6) is 5.75 Å². The van der Waals surface area contributed by atoms with Crippen LogP contribution in [0.1, 0.15) is 19.8 Å². The average molecular weight is 430 g/mol. The number of nitrogens with zero attached hydrogens (tertiary/aromatic N) is 3. The number of hydrogen-bond donors (Lipinski definition) is 0. The Balaban J connectivity index is 1.53. The van der Waals surface area contributed by atoms with Gasteiger partial charge in [0, 0.05) is 49.8 Å². The number of sulfonamides is 1. The number of hydrogen-bond acceptors (Lipinski definition) is 5. The summed E-state index contributed by atoms with van der Waals surface area (Å²) in [6.07, 6.45) is 3.00. The lowest BCUT2D eigenvalue weighted by Crippen LogP contribution is -2.59. The first-order chi connectivity index (χ1) is 13.2. The summed E-state index contributed by atoms with van der Waals surface area (Å²) in [5.41, 5.74) is -0.129. The van der Waals surface area contributed by atoms with Crippen LogP contribution in [0.15, 0.2) is 24.3 Å². The normalized spacial score (nSPS) is 24.5. The molecule has 1 unspecified atom stereocenters. The van der Waals surface area contributed by atoms with Crippen molar-refractivity contribution in [3.05, 3.63) is 29.3 Å². The molecule has 2 fully saturated rings. The quantitative estimate of drug-likeness (QED) is 0.688. The van der Waals surface area contributed by atoms with Gasteiger partial charge in [0.1, 0.15) is 5.75 Å². The van der Waals surface area contributed by atoms with Crippen molar-refractivity contribution in [3.8, 4) is 5.75 Å². The second-order valence-electron chi connectivity index (χ2n) is 7.54. The number of benzene rings is 1. The molecule has 0 aromatic heterocycles.